The zero-order valence-corrected chi connectivity index (χ0v) is 22.6. The Hall–Kier alpha value is -2.71. The van der Waals surface area contributed by atoms with Crippen LogP contribution < -0.4 is 0 Å². The quantitative estimate of drug-likeness (QED) is 0.317. The Labute approximate surface area is 235 Å². The van der Waals surface area contributed by atoms with Crippen LogP contribution in [0.3, 0.4) is 0 Å². The van der Waals surface area contributed by atoms with Gasteiger partial charge in [-0.25, -0.2) is 13.5 Å². The lowest BCUT2D eigenvalue weighted by Crippen LogP contribution is -2.53. The van der Waals surface area contributed by atoms with Crippen molar-refractivity contribution in [2.45, 2.75) is 37.4 Å². The van der Waals surface area contributed by atoms with E-state index in [1.165, 1.54) is 18.0 Å². The molecule has 0 saturated carbocycles. The highest BCUT2D eigenvalue weighted by atomic mass is 35.5. The molecule has 2 aromatic heterocycles. The van der Waals surface area contributed by atoms with Crippen LogP contribution in [0.25, 0.3) is 16.9 Å². The fourth-order valence-corrected chi connectivity index (χ4v) is 5.12. The summed E-state index contributed by atoms with van der Waals surface area (Å²) < 4.78 is 42.9. The first-order chi connectivity index (χ1) is 18.6. The number of rotatable bonds is 6. The van der Waals surface area contributed by atoms with Crippen LogP contribution in [0.5, 0.6) is 0 Å². The van der Waals surface area contributed by atoms with E-state index in [1.807, 2.05) is 0 Å². The van der Waals surface area contributed by atoms with E-state index in [0.29, 0.717) is 21.6 Å². The first-order valence-electron chi connectivity index (χ1n) is 11.6. The monoisotopic (exact) mass is 600 g/mol. The Kier molecular flexibility index (Phi) is 7.89. The van der Waals surface area contributed by atoms with Crippen LogP contribution in [-0.2, 0) is 9.47 Å². The fourth-order valence-electron chi connectivity index (χ4n) is 4.64. The number of ether oxygens (including phenoxy) is 2. The third-order valence-corrected chi connectivity index (χ3v) is 7.40. The average Bonchev–Trinajstić information content (AvgIpc) is 3.55. The highest BCUT2D eigenvalue weighted by molar-refractivity contribution is 6.34. The molecule has 3 heterocycles. The van der Waals surface area contributed by atoms with E-state index in [9.17, 15) is 19.0 Å². The maximum Gasteiger partial charge on any atom is 0.169 e. The van der Waals surface area contributed by atoms with Crippen LogP contribution >= 0.6 is 34.8 Å². The molecule has 15 heteroatoms. The molecule has 39 heavy (non-hydrogen) atoms. The molecule has 1 aliphatic rings. The van der Waals surface area contributed by atoms with Crippen LogP contribution in [0.15, 0.2) is 36.5 Å². The van der Waals surface area contributed by atoms with Crippen molar-refractivity contribution in [3.63, 3.8) is 0 Å². The lowest BCUT2D eigenvalue weighted by atomic mass is 9.91. The van der Waals surface area contributed by atoms with Gasteiger partial charge in [-0.1, -0.05) is 40.0 Å². The van der Waals surface area contributed by atoms with E-state index in [2.05, 4.69) is 20.5 Å². The van der Waals surface area contributed by atoms with E-state index in [0.717, 1.165) is 12.1 Å². The maximum atomic E-state index is 14.1. The number of hydrogen-bond donors (Lipinski definition) is 2. The highest BCUT2D eigenvalue weighted by Crippen LogP contribution is 2.41. The first kappa shape index (κ1) is 27.8. The molecule has 1 aliphatic heterocycles. The predicted octanol–water partition coefficient (Wildman–Crippen LogP) is 4.12. The second-order valence-corrected chi connectivity index (χ2v) is 10.1. The van der Waals surface area contributed by atoms with Crippen molar-refractivity contribution < 1.29 is 28.5 Å². The van der Waals surface area contributed by atoms with Gasteiger partial charge < -0.3 is 19.7 Å². The van der Waals surface area contributed by atoms with Gasteiger partial charge in [-0.3, -0.25) is 4.57 Å². The molecule has 2 N–H and O–H groups in total. The highest BCUT2D eigenvalue weighted by Gasteiger charge is 2.49. The molecule has 0 unspecified atom stereocenters. The normalized spacial score (nSPS) is 23.4. The molecule has 0 aliphatic carbocycles. The Balaban J connectivity index is 1.59. The summed E-state index contributed by atoms with van der Waals surface area (Å²) in [5.41, 5.74) is 0.676. The molecular weight excluding hydrogens is 581 g/mol. The van der Waals surface area contributed by atoms with Gasteiger partial charge in [0.25, 0.3) is 0 Å². The summed E-state index contributed by atoms with van der Waals surface area (Å²) in [6.45, 7) is 1.16. The molecule has 4 aromatic rings. The standard InChI is InChI=1S/C24H21Cl3F2N6O4/c1-10-30-32-24(35(10)17-7-12(25)3-4-13(17)26)23-22(38-2)20(21(37)18(9-36)39-23)34-8-16(31-33-34)11-5-14(28)19(27)15(29)6-11/h3-8,18,20-23,36-37H,9H2,1-2H3/t18-,20+,21+,22-,23-/m1/s1. The minimum absolute atomic E-state index is 0.0809. The van der Waals surface area contributed by atoms with Crippen molar-refractivity contribution in [3.8, 4) is 16.9 Å². The number of aliphatic hydroxyl groups is 2. The predicted molar refractivity (Wildman–Crippen MR) is 137 cm³/mol. The molecule has 5 rings (SSSR count). The number of benzene rings is 2. The average molecular weight is 602 g/mol. The number of aryl methyl sites for hydroxylation is 1. The molecule has 0 spiro atoms. The summed E-state index contributed by atoms with van der Waals surface area (Å²) >= 11 is 18.3. The number of halogens is 5. The van der Waals surface area contributed by atoms with Gasteiger partial charge in [-0.15, -0.1) is 15.3 Å². The molecule has 0 radical (unpaired) electrons. The number of aromatic nitrogens is 6. The van der Waals surface area contributed by atoms with Crippen LogP contribution in [0, 0.1) is 18.6 Å². The topological polar surface area (TPSA) is 120 Å². The molecule has 10 nitrogen and oxygen atoms in total. The molecule has 5 atom stereocenters. The number of aliphatic hydroxyl groups excluding tert-OH is 2. The van der Waals surface area contributed by atoms with Gasteiger partial charge in [0.1, 0.15) is 58.6 Å². The van der Waals surface area contributed by atoms with Gasteiger partial charge in [0, 0.05) is 17.7 Å². The molecule has 0 bridgehead atoms. The summed E-state index contributed by atoms with van der Waals surface area (Å²) in [5.74, 6) is -1.19. The molecule has 1 fully saturated rings. The van der Waals surface area contributed by atoms with E-state index < -0.39 is 53.7 Å². The molecule has 206 valence electrons. The Morgan fingerprint density at radius 1 is 1.08 bits per heavy atom. The van der Waals surface area contributed by atoms with Gasteiger partial charge in [0.2, 0.25) is 0 Å². The summed E-state index contributed by atoms with van der Waals surface area (Å²) in [6, 6.07) is 5.96. The fraction of sp³-hybridized carbons (Fsp3) is 0.333. The maximum absolute atomic E-state index is 14.1. The zero-order chi connectivity index (χ0) is 28.0. The third kappa shape index (κ3) is 5.02. The van der Waals surface area contributed by atoms with E-state index in [-0.39, 0.29) is 17.1 Å². The second-order valence-electron chi connectivity index (χ2n) is 8.83. The van der Waals surface area contributed by atoms with Crippen LogP contribution in [0.2, 0.25) is 15.1 Å². The van der Waals surface area contributed by atoms with Crippen molar-refractivity contribution >= 4 is 34.8 Å². The van der Waals surface area contributed by atoms with E-state index in [1.54, 1.807) is 29.7 Å². The minimum Gasteiger partial charge on any atom is -0.394 e. The van der Waals surface area contributed by atoms with Crippen molar-refractivity contribution in [2.75, 3.05) is 13.7 Å². The summed E-state index contributed by atoms with van der Waals surface area (Å²) in [6.07, 6.45) is -2.96. The van der Waals surface area contributed by atoms with Crippen molar-refractivity contribution in [2.24, 2.45) is 0 Å². The Bertz CT molecular complexity index is 1500. The van der Waals surface area contributed by atoms with Crippen LogP contribution in [0.1, 0.15) is 23.8 Å². The first-order valence-corrected chi connectivity index (χ1v) is 12.7. The van der Waals surface area contributed by atoms with Crippen molar-refractivity contribution in [1.29, 1.82) is 0 Å². The van der Waals surface area contributed by atoms with Gasteiger partial charge in [-0.05, 0) is 37.3 Å². The SMILES string of the molecule is CO[C@@H]1[C@@H](n2cc(-c3cc(F)c(Cl)c(F)c3)nn2)[C@@H](O)[C@@H](CO)O[C@H]1c1nnc(C)n1-c1cc(Cl)ccc1Cl. The van der Waals surface area contributed by atoms with Gasteiger partial charge in [-0.2, -0.15) is 0 Å². The Morgan fingerprint density at radius 2 is 1.79 bits per heavy atom. The largest absolute Gasteiger partial charge is 0.394 e. The Morgan fingerprint density at radius 3 is 2.46 bits per heavy atom. The number of hydrogen-bond acceptors (Lipinski definition) is 8. The van der Waals surface area contributed by atoms with Gasteiger partial charge in [0.05, 0.1) is 23.5 Å². The molecule has 2 aromatic carbocycles. The van der Waals surface area contributed by atoms with E-state index in [4.69, 9.17) is 44.3 Å². The third-order valence-electron chi connectivity index (χ3n) is 6.49. The summed E-state index contributed by atoms with van der Waals surface area (Å²) in [5, 5.41) is 37.9. The lowest BCUT2D eigenvalue weighted by molar-refractivity contribution is -0.217. The van der Waals surface area contributed by atoms with Gasteiger partial charge in [0.15, 0.2) is 5.82 Å². The van der Waals surface area contributed by atoms with E-state index >= 15 is 0 Å². The summed E-state index contributed by atoms with van der Waals surface area (Å²) in [4.78, 5) is 0. The van der Waals surface area contributed by atoms with Crippen LogP contribution in [0.4, 0.5) is 8.78 Å². The molecule has 0 amide bonds. The van der Waals surface area contributed by atoms with Gasteiger partial charge >= 0.3 is 0 Å². The zero-order valence-electron chi connectivity index (χ0n) is 20.3. The van der Waals surface area contributed by atoms with Crippen molar-refractivity contribution in [3.05, 3.63) is 74.9 Å². The number of methoxy groups -OCH3 is 1. The summed E-state index contributed by atoms with van der Waals surface area (Å²) in [7, 11) is 1.40. The molecule has 1 saturated heterocycles. The van der Waals surface area contributed by atoms with Crippen molar-refractivity contribution in [1.82, 2.24) is 29.8 Å². The molecular formula is C24H21Cl3F2N6O4. The number of nitrogens with zero attached hydrogens (tertiary/aromatic N) is 6. The second kappa shape index (κ2) is 11.0. The lowest BCUT2D eigenvalue weighted by Gasteiger charge is -2.43. The van der Waals surface area contributed by atoms with Crippen LogP contribution in [-0.4, -0.2) is 72.0 Å². The minimum atomic E-state index is -1.32. The smallest absolute Gasteiger partial charge is 0.169 e.